The first-order valence-electron chi connectivity index (χ1n) is 7.59. The van der Waals surface area contributed by atoms with E-state index < -0.39 is 0 Å². The Kier molecular flexibility index (Phi) is 4.35. The minimum atomic E-state index is -0.347. The predicted octanol–water partition coefficient (Wildman–Crippen LogP) is 4.96. The second-order valence-corrected chi connectivity index (χ2v) is 6.85. The van der Waals surface area contributed by atoms with E-state index >= 15 is 0 Å². The first-order chi connectivity index (χ1) is 11.1. The fourth-order valence-corrected chi connectivity index (χ4v) is 3.28. The number of thiophene rings is 1. The molecule has 0 fully saturated rings. The summed E-state index contributed by atoms with van der Waals surface area (Å²) >= 11 is 1.37. The summed E-state index contributed by atoms with van der Waals surface area (Å²) < 4.78 is 5.37. The summed E-state index contributed by atoms with van der Waals surface area (Å²) in [4.78, 5) is 12.4. The van der Waals surface area contributed by atoms with E-state index in [1.807, 2.05) is 37.4 Å². The summed E-state index contributed by atoms with van der Waals surface area (Å²) in [5.74, 6) is -0.0523. The van der Waals surface area contributed by atoms with E-state index in [4.69, 9.17) is 10.5 Å². The van der Waals surface area contributed by atoms with Crippen molar-refractivity contribution in [1.82, 2.24) is 0 Å². The van der Waals surface area contributed by atoms with Gasteiger partial charge in [-0.25, -0.2) is 4.79 Å². The van der Waals surface area contributed by atoms with Crippen LogP contribution in [0.1, 0.15) is 24.2 Å². The Hall–Kier alpha value is -2.33. The van der Waals surface area contributed by atoms with E-state index in [0.717, 1.165) is 16.5 Å². The van der Waals surface area contributed by atoms with Crippen LogP contribution in [0, 0.1) is 5.92 Å². The molecule has 0 spiro atoms. The number of fused-ring (bicyclic) bond motifs is 1. The van der Waals surface area contributed by atoms with Crippen molar-refractivity contribution in [2.24, 2.45) is 5.92 Å². The van der Waals surface area contributed by atoms with Gasteiger partial charge in [0, 0.05) is 10.9 Å². The van der Waals surface area contributed by atoms with E-state index in [-0.39, 0.29) is 5.97 Å². The molecule has 3 nitrogen and oxygen atoms in total. The molecule has 1 heterocycles. The second kappa shape index (κ2) is 6.42. The van der Waals surface area contributed by atoms with E-state index in [2.05, 4.69) is 24.3 Å². The third-order valence-corrected chi connectivity index (χ3v) is 4.44. The van der Waals surface area contributed by atoms with Crippen LogP contribution in [0.15, 0.2) is 47.8 Å². The van der Waals surface area contributed by atoms with Crippen LogP contribution in [0.3, 0.4) is 0 Å². The topological polar surface area (TPSA) is 52.3 Å². The van der Waals surface area contributed by atoms with E-state index in [1.54, 1.807) is 0 Å². The smallest absolute Gasteiger partial charge is 0.341 e. The standard InChI is InChI=1S/C19H19NO2S/c1-12(2)10-22-19(21)17-16(11-23-18(17)20)15-8-7-13-5-3-4-6-14(13)9-15/h3-9,11-12H,10,20H2,1-2H3. The van der Waals surface area contributed by atoms with Crippen LogP contribution in [0.4, 0.5) is 5.00 Å². The van der Waals surface area contributed by atoms with Gasteiger partial charge in [0.25, 0.3) is 0 Å². The third-order valence-electron chi connectivity index (χ3n) is 3.63. The minimum Gasteiger partial charge on any atom is -0.462 e. The van der Waals surface area contributed by atoms with Gasteiger partial charge in [0.05, 0.1) is 6.61 Å². The first-order valence-corrected chi connectivity index (χ1v) is 8.47. The molecule has 0 bridgehead atoms. The van der Waals surface area contributed by atoms with Crippen LogP contribution in [0.25, 0.3) is 21.9 Å². The Morgan fingerprint density at radius 1 is 1.17 bits per heavy atom. The zero-order valence-electron chi connectivity index (χ0n) is 13.2. The fourth-order valence-electron chi connectivity index (χ4n) is 2.47. The number of hydrogen-bond acceptors (Lipinski definition) is 4. The molecular formula is C19H19NO2S. The van der Waals surface area contributed by atoms with Crippen LogP contribution >= 0.6 is 11.3 Å². The Morgan fingerprint density at radius 2 is 1.91 bits per heavy atom. The number of esters is 1. The third kappa shape index (κ3) is 3.22. The van der Waals surface area contributed by atoms with Crippen molar-refractivity contribution in [3.05, 3.63) is 53.4 Å². The Bertz CT molecular complexity index is 851. The second-order valence-electron chi connectivity index (χ2n) is 5.94. The van der Waals surface area contributed by atoms with Crippen LogP contribution in [0.2, 0.25) is 0 Å². The number of anilines is 1. The molecule has 0 unspecified atom stereocenters. The number of ether oxygens (including phenoxy) is 1. The molecule has 0 saturated carbocycles. The Labute approximate surface area is 139 Å². The lowest BCUT2D eigenvalue weighted by Crippen LogP contribution is -2.11. The molecule has 2 N–H and O–H groups in total. The van der Waals surface area contributed by atoms with Gasteiger partial charge in [-0.2, -0.15) is 0 Å². The molecule has 0 radical (unpaired) electrons. The molecule has 0 atom stereocenters. The lowest BCUT2D eigenvalue weighted by molar-refractivity contribution is 0.0461. The molecule has 4 heteroatoms. The molecule has 1 aromatic heterocycles. The summed E-state index contributed by atoms with van der Waals surface area (Å²) in [6, 6.07) is 14.3. The molecule has 3 aromatic rings. The maximum absolute atomic E-state index is 12.4. The molecular weight excluding hydrogens is 306 g/mol. The molecule has 0 aliphatic rings. The maximum Gasteiger partial charge on any atom is 0.341 e. The van der Waals surface area contributed by atoms with Crippen LogP contribution < -0.4 is 5.73 Å². The molecule has 118 valence electrons. The highest BCUT2D eigenvalue weighted by molar-refractivity contribution is 7.15. The van der Waals surface area contributed by atoms with Crippen molar-refractivity contribution in [2.75, 3.05) is 12.3 Å². The van der Waals surface area contributed by atoms with Crippen molar-refractivity contribution in [2.45, 2.75) is 13.8 Å². The van der Waals surface area contributed by atoms with Crippen molar-refractivity contribution >= 4 is 33.1 Å². The summed E-state index contributed by atoms with van der Waals surface area (Å²) in [6.07, 6.45) is 0. The van der Waals surface area contributed by atoms with Crippen molar-refractivity contribution in [3.63, 3.8) is 0 Å². The van der Waals surface area contributed by atoms with Crippen molar-refractivity contribution in [1.29, 1.82) is 0 Å². The summed E-state index contributed by atoms with van der Waals surface area (Å²) in [5, 5.41) is 4.73. The maximum atomic E-state index is 12.4. The number of carbonyl (C=O) groups is 1. The molecule has 0 amide bonds. The number of rotatable bonds is 4. The monoisotopic (exact) mass is 325 g/mol. The highest BCUT2D eigenvalue weighted by Crippen LogP contribution is 2.35. The fraction of sp³-hybridized carbons (Fsp3) is 0.211. The zero-order valence-corrected chi connectivity index (χ0v) is 14.0. The lowest BCUT2D eigenvalue weighted by Gasteiger charge is -2.09. The number of hydrogen-bond donors (Lipinski definition) is 1. The van der Waals surface area contributed by atoms with Gasteiger partial charge >= 0.3 is 5.97 Å². The van der Waals surface area contributed by atoms with Crippen LogP contribution in [-0.4, -0.2) is 12.6 Å². The highest BCUT2D eigenvalue weighted by atomic mass is 32.1. The van der Waals surface area contributed by atoms with Gasteiger partial charge in [0.15, 0.2) is 0 Å². The van der Waals surface area contributed by atoms with E-state index in [1.165, 1.54) is 16.7 Å². The van der Waals surface area contributed by atoms with Gasteiger partial charge in [0.1, 0.15) is 10.6 Å². The predicted molar refractivity (Wildman–Crippen MR) is 96.8 cm³/mol. The average Bonchev–Trinajstić information content (AvgIpc) is 2.94. The number of nitrogens with two attached hydrogens (primary N) is 1. The lowest BCUT2D eigenvalue weighted by atomic mass is 10.0. The number of nitrogen functional groups attached to an aromatic ring is 1. The Balaban J connectivity index is 2.00. The molecule has 0 saturated heterocycles. The quantitative estimate of drug-likeness (QED) is 0.690. The number of carbonyl (C=O) groups excluding carboxylic acids is 1. The molecule has 2 aromatic carbocycles. The largest absolute Gasteiger partial charge is 0.462 e. The molecule has 0 aliphatic carbocycles. The molecule has 23 heavy (non-hydrogen) atoms. The highest BCUT2D eigenvalue weighted by Gasteiger charge is 2.20. The van der Waals surface area contributed by atoms with Crippen LogP contribution in [-0.2, 0) is 4.74 Å². The van der Waals surface area contributed by atoms with Gasteiger partial charge < -0.3 is 10.5 Å². The average molecular weight is 325 g/mol. The van der Waals surface area contributed by atoms with Crippen LogP contribution in [0.5, 0.6) is 0 Å². The SMILES string of the molecule is CC(C)COC(=O)c1c(-c2ccc3ccccc3c2)csc1N. The van der Waals surface area contributed by atoms with Gasteiger partial charge in [-0.1, -0.05) is 50.2 Å². The summed E-state index contributed by atoms with van der Waals surface area (Å²) in [7, 11) is 0. The molecule has 3 rings (SSSR count). The van der Waals surface area contributed by atoms with E-state index in [0.29, 0.717) is 23.1 Å². The minimum absolute atomic E-state index is 0.294. The van der Waals surface area contributed by atoms with Crippen molar-refractivity contribution in [3.8, 4) is 11.1 Å². The van der Waals surface area contributed by atoms with E-state index in [9.17, 15) is 4.79 Å². The Morgan fingerprint density at radius 3 is 2.65 bits per heavy atom. The van der Waals surface area contributed by atoms with Gasteiger partial charge in [0.2, 0.25) is 0 Å². The first kappa shape index (κ1) is 15.6. The summed E-state index contributed by atoms with van der Waals surface area (Å²) in [5.41, 5.74) is 8.31. The van der Waals surface area contributed by atoms with Gasteiger partial charge in [-0.3, -0.25) is 0 Å². The van der Waals surface area contributed by atoms with Gasteiger partial charge in [-0.15, -0.1) is 11.3 Å². The van der Waals surface area contributed by atoms with Crippen molar-refractivity contribution < 1.29 is 9.53 Å². The summed E-state index contributed by atoms with van der Waals surface area (Å²) in [6.45, 7) is 4.41. The molecule has 0 aliphatic heterocycles. The normalized spacial score (nSPS) is 11.1. The number of benzene rings is 2. The zero-order chi connectivity index (χ0) is 16.4. The van der Waals surface area contributed by atoms with Gasteiger partial charge in [-0.05, 0) is 28.3 Å².